The molecule has 0 radical (unpaired) electrons. The number of para-hydroxylation sites is 1. The van der Waals surface area contributed by atoms with Gasteiger partial charge in [0, 0.05) is 17.9 Å². The highest BCUT2D eigenvalue weighted by atomic mass is 16.6. The number of amides is 2. The topological polar surface area (TPSA) is 84.9 Å². The number of nitrogens with zero attached hydrogens (tertiary/aromatic N) is 1. The molecule has 30 heavy (non-hydrogen) atoms. The van der Waals surface area contributed by atoms with Gasteiger partial charge < -0.3 is 14.4 Å². The first-order valence-corrected chi connectivity index (χ1v) is 9.84. The monoisotopic (exact) mass is 410 g/mol. The fraction of sp³-hybridized carbons (Fsp3) is 0.348. The number of fused-ring (bicyclic) bond motifs is 1. The fourth-order valence-electron chi connectivity index (χ4n) is 3.21. The van der Waals surface area contributed by atoms with E-state index in [9.17, 15) is 14.4 Å². The molecule has 1 aliphatic rings. The van der Waals surface area contributed by atoms with Gasteiger partial charge in [0.2, 0.25) is 0 Å². The standard InChI is InChI=1S/C23H26N2O5/c1-15(20(26)25-13-12-16-8-5-6-11-19(16)25)29-21(27)17-9-7-10-18(14-17)24-22(28)30-23(2,3)4/h5-11,14-15H,12-13H2,1-4H3,(H,24,28)/t15-/m0/s1. The fourth-order valence-corrected chi connectivity index (χ4v) is 3.21. The molecule has 0 aromatic heterocycles. The molecule has 7 heteroatoms. The van der Waals surface area contributed by atoms with E-state index >= 15 is 0 Å². The maximum atomic E-state index is 12.8. The van der Waals surface area contributed by atoms with E-state index < -0.39 is 23.8 Å². The number of carbonyl (C=O) groups is 3. The smallest absolute Gasteiger partial charge is 0.412 e. The van der Waals surface area contributed by atoms with E-state index in [0.29, 0.717) is 12.2 Å². The summed E-state index contributed by atoms with van der Waals surface area (Å²) in [6.45, 7) is 7.41. The van der Waals surface area contributed by atoms with Crippen molar-refractivity contribution in [1.82, 2.24) is 0 Å². The van der Waals surface area contributed by atoms with Crippen molar-refractivity contribution in [3.05, 3.63) is 59.7 Å². The summed E-state index contributed by atoms with van der Waals surface area (Å²) in [5.74, 6) is -0.910. The lowest BCUT2D eigenvalue weighted by Gasteiger charge is -2.22. The first-order chi connectivity index (χ1) is 14.1. The molecule has 0 fully saturated rings. The van der Waals surface area contributed by atoms with Crippen molar-refractivity contribution < 1.29 is 23.9 Å². The number of ether oxygens (including phenoxy) is 2. The molecule has 0 spiro atoms. The van der Waals surface area contributed by atoms with Gasteiger partial charge in [0.1, 0.15) is 5.60 Å². The number of rotatable bonds is 4. The lowest BCUT2D eigenvalue weighted by molar-refractivity contribution is -0.126. The number of nitrogens with one attached hydrogen (secondary N) is 1. The van der Waals surface area contributed by atoms with Gasteiger partial charge >= 0.3 is 12.1 Å². The molecule has 0 unspecified atom stereocenters. The molecule has 0 bridgehead atoms. The van der Waals surface area contributed by atoms with Crippen LogP contribution in [0, 0.1) is 0 Å². The second kappa shape index (κ2) is 8.57. The Bertz CT molecular complexity index is 964. The lowest BCUT2D eigenvalue weighted by atomic mass is 10.2. The third kappa shape index (κ3) is 5.17. The van der Waals surface area contributed by atoms with Gasteiger partial charge in [-0.05, 0) is 63.9 Å². The maximum absolute atomic E-state index is 12.8. The zero-order valence-corrected chi connectivity index (χ0v) is 17.6. The van der Waals surface area contributed by atoms with E-state index in [1.807, 2.05) is 24.3 Å². The van der Waals surface area contributed by atoms with E-state index in [-0.39, 0.29) is 11.5 Å². The average molecular weight is 410 g/mol. The molecule has 0 saturated heterocycles. The molecule has 2 aromatic rings. The third-order valence-corrected chi connectivity index (χ3v) is 4.53. The highest BCUT2D eigenvalue weighted by Gasteiger charge is 2.30. The molecular formula is C23H26N2O5. The third-order valence-electron chi connectivity index (χ3n) is 4.53. The lowest BCUT2D eigenvalue weighted by Crippen LogP contribution is -2.39. The second-order valence-electron chi connectivity index (χ2n) is 8.12. The van der Waals surface area contributed by atoms with Gasteiger partial charge in [-0.1, -0.05) is 24.3 Å². The van der Waals surface area contributed by atoms with E-state index in [4.69, 9.17) is 9.47 Å². The van der Waals surface area contributed by atoms with Crippen LogP contribution < -0.4 is 10.2 Å². The molecule has 1 aliphatic heterocycles. The largest absolute Gasteiger partial charge is 0.449 e. The second-order valence-corrected chi connectivity index (χ2v) is 8.12. The summed E-state index contributed by atoms with van der Waals surface area (Å²) in [4.78, 5) is 38.9. The van der Waals surface area contributed by atoms with Crippen molar-refractivity contribution in [2.24, 2.45) is 0 Å². The molecule has 1 atom stereocenters. The van der Waals surface area contributed by atoms with Gasteiger partial charge in [-0.15, -0.1) is 0 Å². The Labute approximate surface area is 176 Å². The van der Waals surface area contributed by atoms with Crippen LogP contribution in [-0.2, 0) is 20.7 Å². The zero-order chi connectivity index (χ0) is 21.9. The summed E-state index contributed by atoms with van der Waals surface area (Å²) >= 11 is 0. The maximum Gasteiger partial charge on any atom is 0.412 e. The van der Waals surface area contributed by atoms with Crippen LogP contribution in [0.4, 0.5) is 16.2 Å². The van der Waals surface area contributed by atoms with Crippen molar-refractivity contribution in [3.8, 4) is 0 Å². The average Bonchev–Trinajstić information content (AvgIpc) is 3.10. The van der Waals surface area contributed by atoms with Crippen molar-refractivity contribution in [2.45, 2.75) is 45.8 Å². The molecule has 3 rings (SSSR count). The van der Waals surface area contributed by atoms with Crippen molar-refractivity contribution in [3.63, 3.8) is 0 Å². The van der Waals surface area contributed by atoms with Crippen LogP contribution in [-0.4, -0.2) is 36.2 Å². The first kappa shape index (κ1) is 21.4. The van der Waals surface area contributed by atoms with E-state index in [2.05, 4.69) is 5.32 Å². The quantitative estimate of drug-likeness (QED) is 0.765. The highest BCUT2D eigenvalue weighted by Crippen LogP contribution is 2.28. The van der Waals surface area contributed by atoms with Gasteiger partial charge in [0.25, 0.3) is 5.91 Å². The van der Waals surface area contributed by atoms with Crippen LogP contribution in [0.15, 0.2) is 48.5 Å². The minimum Gasteiger partial charge on any atom is -0.449 e. The minimum absolute atomic E-state index is 0.227. The number of esters is 1. The minimum atomic E-state index is -0.939. The number of anilines is 2. The summed E-state index contributed by atoms with van der Waals surface area (Å²) in [5, 5.41) is 2.58. The van der Waals surface area contributed by atoms with Gasteiger partial charge in [-0.25, -0.2) is 9.59 Å². The Balaban J connectivity index is 1.63. The molecule has 2 amide bonds. The zero-order valence-electron chi connectivity index (χ0n) is 17.6. The Morgan fingerprint density at radius 2 is 1.80 bits per heavy atom. The normalized spacial score (nSPS) is 13.9. The Kier molecular flexibility index (Phi) is 6.10. The van der Waals surface area contributed by atoms with E-state index in [1.54, 1.807) is 50.8 Å². The summed E-state index contributed by atoms with van der Waals surface area (Å²) in [7, 11) is 0. The summed E-state index contributed by atoms with van der Waals surface area (Å²) in [6.07, 6.45) is -0.781. The predicted molar refractivity (Wildman–Crippen MR) is 114 cm³/mol. The molecule has 2 aromatic carbocycles. The number of benzene rings is 2. The Morgan fingerprint density at radius 1 is 1.07 bits per heavy atom. The number of hydrogen-bond donors (Lipinski definition) is 1. The SMILES string of the molecule is C[C@H](OC(=O)c1cccc(NC(=O)OC(C)(C)C)c1)C(=O)N1CCc2ccccc21. The number of carbonyl (C=O) groups excluding carboxylic acids is 3. The first-order valence-electron chi connectivity index (χ1n) is 9.84. The van der Waals surface area contributed by atoms with Gasteiger partial charge in [-0.2, -0.15) is 0 Å². The van der Waals surface area contributed by atoms with Crippen molar-refractivity contribution in [1.29, 1.82) is 0 Å². The summed E-state index contributed by atoms with van der Waals surface area (Å²) < 4.78 is 10.6. The van der Waals surface area contributed by atoms with Gasteiger partial charge in [0.15, 0.2) is 6.10 Å². The molecule has 0 saturated carbocycles. The molecular weight excluding hydrogens is 384 g/mol. The summed E-state index contributed by atoms with van der Waals surface area (Å²) in [6, 6.07) is 14.0. The molecule has 1 N–H and O–H groups in total. The van der Waals surface area contributed by atoms with Crippen LogP contribution in [0.25, 0.3) is 0 Å². The Hall–Kier alpha value is -3.35. The molecule has 0 aliphatic carbocycles. The predicted octanol–water partition coefficient (Wildman–Crippen LogP) is 4.17. The molecule has 158 valence electrons. The van der Waals surface area contributed by atoms with E-state index in [1.165, 1.54) is 6.07 Å². The van der Waals surface area contributed by atoms with E-state index in [0.717, 1.165) is 17.7 Å². The van der Waals surface area contributed by atoms with Crippen LogP contribution >= 0.6 is 0 Å². The van der Waals surface area contributed by atoms with Crippen LogP contribution in [0.2, 0.25) is 0 Å². The van der Waals surface area contributed by atoms with Crippen molar-refractivity contribution in [2.75, 3.05) is 16.8 Å². The Morgan fingerprint density at radius 3 is 2.53 bits per heavy atom. The van der Waals surface area contributed by atoms with Crippen LogP contribution in [0.1, 0.15) is 43.6 Å². The number of hydrogen-bond acceptors (Lipinski definition) is 5. The summed E-state index contributed by atoms with van der Waals surface area (Å²) in [5.41, 5.74) is 1.94. The molecule has 7 nitrogen and oxygen atoms in total. The van der Waals surface area contributed by atoms with Gasteiger partial charge in [0.05, 0.1) is 5.56 Å². The van der Waals surface area contributed by atoms with Gasteiger partial charge in [-0.3, -0.25) is 10.1 Å². The van der Waals surface area contributed by atoms with Crippen LogP contribution in [0.5, 0.6) is 0 Å². The van der Waals surface area contributed by atoms with Crippen LogP contribution in [0.3, 0.4) is 0 Å². The molecule has 1 heterocycles. The van der Waals surface area contributed by atoms with Crippen molar-refractivity contribution >= 4 is 29.3 Å². The highest BCUT2D eigenvalue weighted by molar-refractivity contribution is 6.00.